The lowest BCUT2D eigenvalue weighted by Gasteiger charge is -2.13. The number of benzene rings is 3. The third-order valence-electron chi connectivity index (χ3n) is 5.38. The summed E-state index contributed by atoms with van der Waals surface area (Å²) < 4.78 is 6.08. The van der Waals surface area contributed by atoms with Crippen molar-refractivity contribution in [2.45, 2.75) is 26.4 Å². The van der Waals surface area contributed by atoms with Crippen molar-refractivity contribution < 1.29 is 14.6 Å². The first-order chi connectivity index (χ1) is 15.6. The average Bonchev–Trinajstić information content (AvgIpc) is 2.83. The van der Waals surface area contributed by atoms with Gasteiger partial charge < -0.3 is 9.84 Å². The molecule has 0 saturated carbocycles. The van der Waals surface area contributed by atoms with Gasteiger partial charge in [-0.05, 0) is 55.2 Å². The molecule has 0 aliphatic rings. The normalized spacial score (nSPS) is 10.7. The summed E-state index contributed by atoms with van der Waals surface area (Å²) in [4.78, 5) is 16.5. The van der Waals surface area contributed by atoms with Crippen molar-refractivity contribution in [2.75, 3.05) is 0 Å². The first-order valence-corrected chi connectivity index (χ1v) is 10.6. The molecule has 1 aromatic heterocycles. The minimum Gasteiger partial charge on any atom is -0.488 e. The van der Waals surface area contributed by atoms with E-state index in [1.165, 1.54) is 5.56 Å². The van der Waals surface area contributed by atoms with Gasteiger partial charge in [0.25, 0.3) is 0 Å². The Morgan fingerprint density at radius 3 is 2.28 bits per heavy atom. The molecule has 0 bridgehead atoms. The summed E-state index contributed by atoms with van der Waals surface area (Å²) in [5, 5.41) is 9.66. The monoisotopic (exact) mass is 423 g/mol. The van der Waals surface area contributed by atoms with E-state index in [1.807, 2.05) is 54.6 Å². The molecule has 0 radical (unpaired) electrons. The van der Waals surface area contributed by atoms with Crippen molar-refractivity contribution in [3.05, 3.63) is 119 Å². The fourth-order valence-corrected chi connectivity index (χ4v) is 3.59. The Kier molecular flexibility index (Phi) is 6.61. The molecule has 0 fully saturated rings. The molecule has 0 unspecified atom stereocenters. The van der Waals surface area contributed by atoms with E-state index in [9.17, 15) is 9.90 Å². The molecule has 160 valence electrons. The van der Waals surface area contributed by atoms with E-state index in [1.54, 1.807) is 12.1 Å². The predicted octanol–water partition coefficient (Wildman–Crippen LogP) is 6.12. The van der Waals surface area contributed by atoms with Crippen LogP contribution in [-0.2, 0) is 19.4 Å². The van der Waals surface area contributed by atoms with Gasteiger partial charge in [0.15, 0.2) is 0 Å². The fourth-order valence-electron chi connectivity index (χ4n) is 3.59. The van der Waals surface area contributed by atoms with Crippen molar-refractivity contribution in [1.82, 2.24) is 4.98 Å². The summed E-state index contributed by atoms with van der Waals surface area (Å²) in [6, 6.07) is 29.4. The summed E-state index contributed by atoms with van der Waals surface area (Å²) in [5.41, 5.74) is 5.81. The van der Waals surface area contributed by atoms with Crippen molar-refractivity contribution >= 4 is 5.97 Å². The number of carbonyl (C=O) groups is 1. The molecule has 0 spiro atoms. The topological polar surface area (TPSA) is 59.4 Å². The number of carboxylic acid groups (broad SMARTS) is 1. The lowest BCUT2D eigenvalue weighted by molar-refractivity contribution is 0.0695. The molecular weight excluding hydrogens is 398 g/mol. The summed E-state index contributed by atoms with van der Waals surface area (Å²) in [6.07, 6.45) is 1.27. The molecule has 4 heteroatoms. The number of hydrogen-bond acceptors (Lipinski definition) is 3. The van der Waals surface area contributed by atoms with Crippen LogP contribution in [0.3, 0.4) is 0 Å². The number of aryl methyl sites for hydroxylation is 3. The highest BCUT2D eigenvalue weighted by Gasteiger charge is 2.15. The van der Waals surface area contributed by atoms with Crippen LogP contribution in [0, 0.1) is 6.92 Å². The van der Waals surface area contributed by atoms with Gasteiger partial charge in [-0.1, -0.05) is 72.3 Å². The van der Waals surface area contributed by atoms with Crippen LogP contribution in [0.5, 0.6) is 5.75 Å². The highest BCUT2D eigenvalue weighted by Crippen LogP contribution is 2.30. The van der Waals surface area contributed by atoms with E-state index >= 15 is 0 Å². The van der Waals surface area contributed by atoms with Crippen molar-refractivity contribution in [2.24, 2.45) is 0 Å². The summed E-state index contributed by atoms with van der Waals surface area (Å²) >= 11 is 0. The number of aromatic carboxylic acids is 1. The molecule has 0 aliphatic heterocycles. The van der Waals surface area contributed by atoms with Crippen molar-refractivity contribution in [3.63, 3.8) is 0 Å². The van der Waals surface area contributed by atoms with Gasteiger partial charge in [0.2, 0.25) is 0 Å². The molecule has 0 aliphatic carbocycles. The average molecular weight is 424 g/mol. The largest absolute Gasteiger partial charge is 0.488 e. The second-order valence-electron chi connectivity index (χ2n) is 7.75. The molecule has 3 aromatic carbocycles. The molecule has 1 heterocycles. The number of hydrogen-bond donors (Lipinski definition) is 1. The van der Waals surface area contributed by atoms with Gasteiger partial charge >= 0.3 is 5.97 Å². The number of pyridine rings is 1. The molecule has 0 saturated heterocycles. The molecule has 4 rings (SSSR count). The van der Waals surface area contributed by atoms with Crippen LogP contribution in [0.15, 0.2) is 91.0 Å². The number of para-hydroxylation sites is 1. The highest BCUT2D eigenvalue weighted by atomic mass is 16.5. The number of ether oxygens (including phenoxy) is 1. The smallest absolute Gasteiger partial charge is 0.337 e. The van der Waals surface area contributed by atoms with E-state index in [2.05, 4.69) is 31.2 Å². The quantitative estimate of drug-likeness (QED) is 0.371. The minimum atomic E-state index is -0.962. The molecule has 32 heavy (non-hydrogen) atoms. The SMILES string of the molecule is Cc1ccc(CCc2nc(-c3ccccc3OCc3ccccc3)ccc2C(=O)O)cc1. The van der Waals surface area contributed by atoms with E-state index in [0.717, 1.165) is 28.9 Å². The van der Waals surface area contributed by atoms with Crippen LogP contribution >= 0.6 is 0 Å². The van der Waals surface area contributed by atoms with Gasteiger partial charge in [-0.25, -0.2) is 4.79 Å². The van der Waals surface area contributed by atoms with Gasteiger partial charge in [0.05, 0.1) is 17.0 Å². The van der Waals surface area contributed by atoms with Gasteiger partial charge in [-0.3, -0.25) is 4.98 Å². The van der Waals surface area contributed by atoms with E-state index in [4.69, 9.17) is 9.72 Å². The van der Waals surface area contributed by atoms with Crippen molar-refractivity contribution in [1.29, 1.82) is 0 Å². The predicted molar refractivity (Wildman–Crippen MR) is 126 cm³/mol. The highest BCUT2D eigenvalue weighted by molar-refractivity contribution is 5.89. The first kappa shape index (κ1) is 21.3. The van der Waals surface area contributed by atoms with E-state index in [-0.39, 0.29) is 5.56 Å². The Balaban J connectivity index is 1.60. The van der Waals surface area contributed by atoms with Crippen LogP contribution in [0.1, 0.15) is 32.7 Å². The number of carboxylic acids is 1. The van der Waals surface area contributed by atoms with Crippen LogP contribution in [0.25, 0.3) is 11.3 Å². The Morgan fingerprint density at radius 1 is 0.812 bits per heavy atom. The molecule has 4 nitrogen and oxygen atoms in total. The third-order valence-corrected chi connectivity index (χ3v) is 5.38. The zero-order valence-electron chi connectivity index (χ0n) is 18.0. The van der Waals surface area contributed by atoms with E-state index in [0.29, 0.717) is 24.4 Å². The Morgan fingerprint density at radius 2 is 1.53 bits per heavy atom. The lowest BCUT2D eigenvalue weighted by atomic mass is 10.0. The maximum Gasteiger partial charge on any atom is 0.337 e. The minimum absolute atomic E-state index is 0.239. The van der Waals surface area contributed by atoms with Crippen LogP contribution in [0.4, 0.5) is 0 Å². The Bertz CT molecular complexity index is 1200. The van der Waals surface area contributed by atoms with Crippen molar-refractivity contribution in [3.8, 4) is 17.0 Å². The van der Waals surface area contributed by atoms with Gasteiger partial charge in [-0.15, -0.1) is 0 Å². The Hall–Kier alpha value is -3.92. The lowest BCUT2D eigenvalue weighted by Crippen LogP contribution is -2.07. The standard InChI is InChI=1S/C28H25NO3/c1-20-11-13-21(14-12-20)15-17-26-24(28(30)31)16-18-25(29-26)23-9-5-6-10-27(23)32-19-22-7-3-2-4-8-22/h2-14,16,18H,15,17,19H2,1H3,(H,30,31). The summed E-state index contributed by atoms with van der Waals surface area (Å²) in [7, 11) is 0. The van der Waals surface area contributed by atoms with Gasteiger partial charge in [0, 0.05) is 5.56 Å². The van der Waals surface area contributed by atoms with Crippen LogP contribution in [0.2, 0.25) is 0 Å². The van der Waals surface area contributed by atoms with Gasteiger partial charge in [-0.2, -0.15) is 0 Å². The second kappa shape index (κ2) is 9.92. The van der Waals surface area contributed by atoms with E-state index < -0.39 is 5.97 Å². The second-order valence-corrected chi connectivity index (χ2v) is 7.75. The molecule has 1 N–H and O–H groups in total. The molecule has 0 atom stereocenters. The van der Waals surface area contributed by atoms with Crippen LogP contribution < -0.4 is 4.74 Å². The van der Waals surface area contributed by atoms with Crippen LogP contribution in [-0.4, -0.2) is 16.1 Å². The first-order valence-electron chi connectivity index (χ1n) is 10.6. The maximum absolute atomic E-state index is 11.8. The molecule has 4 aromatic rings. The fraction of sp³-hybridized carbons (Fsp3) is 0.143. The Labute approximate surface area is 188 Å². The molecular formula is C28H25NO3. The third kappa shape index (κ3) is 5.22. The zero-order valence-corrected chi connectivity index (χ0v) is 18.0. The van der Waals surface area contributed by atoms with Gasteiger partial charge in [0.1, 0.15) is 12.4 Å². The summed E-state index contributed by atoms with van der Waals surface area (Å²) in [5.74, 6) is -0.243. The number of nitrogens with zero attached hydrogens (tertiary/aromatic N) is 1. The summed E-state index contributed by atoms with van der Waals surface area (Å²) in [6.45, 7) is 2.50. The molecule has 0 amide bonds. The zero-order chi connectivity index (χ0) is 22.3. The number of aromatic nitrogens is 1. The number of rotatable bonds is 8. The maximum atomic E-state index is 11.8.